The Kier molecular flexibility index (Phi) is 10.4. The van der Waals surface area contributed by atoms with Gasteiger partial charge in [-0.3, -0.25) is 4.79 Å². The molecule has 0 aliphatic rings. The lowest BCUT2D eigenvalue weighted by atomic mass is 9.58. The summed E-state index contributed by atoms with van der Waals surface area (Å²) in [6.45, 7) is 9.74. The van der Waals surface area contributed by atoms with Crippen molar-refractivity contribution in [3.8, 4) is 0 Å². The maximum absolute atomic E-state index is 14.4. The maximum Gasteiger partial charge on any atom is 0.340 e. The molecule has 40 heavy (non-hydrogen) atoms. The molecule has 7 nitrogen and oxygen atoms in total. The highest BCUT2D eigenvalue weighted by Crippen LogP contribution is 2.56. The van der Waals surface area contributed by atoms with Crippen molar-refractivity contribution >= 4 is 18.0 Å². The number of carbonyl (C=O) groups excluding carboxylic acids is 2. The molecule has 0 aliphatic heterocycles. The summed E-state index contributed by atoms with van der Waals surface area (Å²) in [4.78, 5) is 32.3. The highest BCUT2D eigenvalue weighted by molar-refractivity contribution is 5.90. The van der Waals surface area contributed by atoms with E-state index in [4.69, 9.17) is 9.47 Å². The zero-order valence-electron chi connectivity index (χ0n) is 24.1. The first-order valence-electron chi connectivity index (χ1n) is 13.9. The molecule has 0 fully saturated rings. The van der Waals surface area contributed by atoms with Crippen LogP contribution < -0.4 is 0 Å². The van der Waals surface area contributed by atoms with E-state index in [1.807, 2.05) is 57.2 Å². The molecule has 0 N–H and O–H groups in total. The van der Waals surface area contributed by atoms with E-state index >= 15 is 0 Å². The molecule has 214 valence electrons. The maximum atomic E-state index is 14.4. The fourth-order valence-electron chi connectivity index (χ4n) is 5.19. The topological polar surface area (TPSA) is 83.3 Å². The Balaban J connectivity index is 2.35. The molecule has 1 aromatic heterocycles. The van der Waals surface area contributed by atoms with E-state index in [2.05, 4.69) is 17.0 Å². The molecule has 0 amide bonds. The van der Waals surface area contributed by atoms with Crippen molar-refractivity contribution in [2.75, 3.05) is 6.61 Å². The van der Waals surface area contributed by atoms with Crippen molar-refractivity contribution in [3.05, 3.63) is 90.3 Å². The Labute approximate surface area is 236 Å². The number of halogens is 1. The Morgan fingerprint density at radius 1 is 0.975 bits per heavy atom. The SMILES string of the molecule is CCCCCCC(OC(=O)c1ccc(F)cc1)(n1cncn1)C(C=Cc1ccccc1)(C(=O)OCC)C(C)(C)C. The van der Waals surface area contributed by atoms with Crippen molar-refractivity contribution in [1.82, 2.24) is 14.8 Å². The zero-order chi connectivity index (χ0) is 29.2. The largest absolute Gasteiger partial charge is 0.465 e. The normalized spacial score (nSPS) is 14.8. The van der Waals surface area contributed by atoms with E-state index in [1.165, 1.54) is 41.6 Å². The lowest BCUT2D eigenvalue weighted by molar-refractivity contribution is -0.211. The van der Waals surface area contributed by atoms with Crippen molar-refractivity contribution in [2.45, 2.75) is 72.4 Å². The van der Waals surface area contributed by atoms with Crippen LogP contribution in [0.5, 0.6) is 0 Å². The van der Waals surface area contributed by atoms with Crippen LogP contribution in [0.2, 0.25) is 0 Å². The molecule has 3 aromatic rings. The van der Waals surface area contributed by atoms with Gasteiger partial charge in [0.2, 0.25) is 5.72 Å². The van der Waals surface area contributed by atoms with Crippen molar-refractivity contribution in [1.29, 1.82) is 0 Å². The first-order chi connectivity index (χ1) is 19.1. The van der Waals surface area contributed by atoms with E-state index < -0.39 is 34.3 Å². The van der Waals surface area contributed by atoms with Crippen LogP contribution in [0.3, 0.4) is 0 Å². The Bertz CT molecular complexity index is 1250. The summed E-state index contributed by atoms with van der Waals surface area (Å²) in [5.41, 5.74) is -3.05. The molecule has 0 aliphatic carbocycles. The van der Waals surface area contributed by atoms with Crippen LogP contribution in [0, 0.1) is 16.6 Å². The minimum absolute atomic E-state index is 0.130. The van der Waals surface area contributed by atoms with Gasteiger partial charge >= 0.3 is 11.9 Å². The first kappa shape index (κ1) is 30.7. The minimum Gasteiger partial charge on any atom is -0.465 e. The molecule has 0 radical (unpaired) electrons. The third-order valence-corrected chi connectivity index (χ3v) is 7.22. The lowest BCUT2D eigenvalue weighted by Gasteiger charge is -2.52. The van der Waals surface area contributed by atoms with Crippen LogP contribution in [0.25, 0.3) is 6.08 Å². The van der Waals surface area contributed by atoms with Gasteiger partial charge in [0, 0.05) is 6.42 Å². The highest BCUT2D eigenvalue weighted by atomic mass is 19.1. The zero-order valence-corrected chi connectivity index (χ0v) is 24.1. The van der Waals surface area contributed by atoms with E-state index in [0.29, 0.717) is 6.42 Å². The van der Waals surface area contributed by atoms with Gasteiger partial charge in [0.05, 0.1) is 12.2 Å². The molecule has 0 bridgehead atoms. The summed E-state index contributed by atoms with van der Waals surface area (Å²) in [7, 11) is 0. The average molecular weight is 550 g/mol. The lowest BCUT2D eigenvalue weighted by Crippen LogP contribution is -2.62. The Morgan fingerprint density at radius 3 is 2.25 bits per heavy atom. The average Bonchev–Trinajstić information content (AvgIpc) is 3.47. The van der Waals surface area contributed by atoms with Crippen molar-refractivity contribution in [2.24, 2.45) is 10.8 Å². The molecular weight excluding hydrogens is 509 g/mol. The van der Waals surface area contributed by atoms with Crippen molar-refractivity contribution < 1.29 is 23.5 Å². The number of unbranched alkanes of at least 4 members (excludes halogenated alkanes) is 3. The number of rotatable bonds is 13. The van der Waals surface area contributed by atoms with Gasteiger partial charge in [-0.2, -0.15) is 5.10 Å². The van der Waals surface area contributed by atoms with Crippen LogP contribution >= 0.6 is 0 Å². The van der Waals surface area contributed by atoms with E-state index in [0.717, 1.165) is 24.8 Å². The molecular formula is C32H40FN3O4. The quantitative estimate of drug-likeness (QED) is 0.166. The van der Waals surface area contributed by atoms with Gasteiger partial charge in [0.15, 0.2) is 5.41 Å². The summed E-state index contributed by atoms with van der Waals surface area (Å²) < 4.78 is 27.4. The van der Waals surface area contributed by atoms with Crippen LogP contribution in [-0.2, 0) is 20.0 Å². The second-order valence-corrected chi connectivity index (χ2v) is 10.9. The molecule has 2 aromatic carbocycles. The van der Waals surface area contributed by atoms with E-state index in [-0.39, 0.29) is 18.6 Å². The van der Waals surface area contributed by atoms with Gasteiger partial charge in [-0.25, -0.2) is 18.9 Å². The number of carbonyl (C=O) groups is 2. The second kappa shape index (κ2) is 13.5. The summed E-state index contributed by atoms with van der Waals surface area (Å²) >= 11 is 0. The van der Waals surface area contributed by atoms with Gasteiger partial charge in [-0.1, -0.05) is 89.4 Å². The smallest absolute Gasteiger partial charge is 0.340 e. The summed E-state index contributed by atoms with van der Waals surface area (Å²) in [5, 5.41) is 4.45. The third kappa shape index (κ3) is 6.49. The number of hydrogen-bond donors (Lipinski definition) is 0. The standard InChI is InChI=1S/C32H40FN3O4/c1-6-8-9-13-21-32(36-24-34-23-35-36,40-28(37)26-16-18-27(33)19-17-26)31(30(3,4)5,29(38)39-7-2)22-20-25-14-11-10-12-15-25/h10-12,14-20,22-24H,6-9,13,21H2,1-5H3. The van der Waals surface area contributed by atoms with Gasteiger partial charge in [-0.15, -0.1) is 0 Å². The van der Waals surface area contributed by atoms with Crippen LogP contribution in [-0.4, -0.2) is 33.3 Å². The number of esters is 2. The molecule has 0 spiro atoms. The Morgan fingerprint density at radius 2 is 1.68 bits per heavy atom. The first-order valence-corrected chi connectivity index (χ1v) is 13.9. The molecule has 8 heteroatoms. The number of ether oxygens (including phenoxy) is 2. The van der Waals surface area contributed by atoms with E-state index in [9.17, 15) is 14.0 Å². The van der Waals surface area contributed by atoms with Gasteiger partial charge in [0.25, 0.3) is 0 Å². The van der Waals surface area contributed by atoms with Crippen molar-refractivity contribution in [3.63, 3.8) is 0 Å². The molecule has 1 heterocycles. The molecule has 0 saturated carbocycles. The third-order valence-electron chi connectivity index (χ3n) is 7.22. The predicted molar refractivity (Wildman–Crippen MR) is 153 cm³/mol. The van der Waals surface area contributed by atoms with Crippen LogP contribution in [0.4, 0.5) is 4.39 Å². The molecule has 2 atom stereocenters. The highest BCUT2D eigenvalue weighted by Gasteiger charge is 2.66. The van der Waals surface area contributed by atoms with Gasteiger partial charge < -0.3 is 9.47 Å². The number of aromatic nitrogens is 3. The van der Waals surface area contributed by atoms with Crippen LogP contribution in [0.15, 0.2) is 73.3 Å². The second-order valence-electron chi connectivity index (χ2n) is 10.9. The number of nitrogens with zero attached hydrogens (tertiary/aromatic N) is 3. The number of hydrogen-bond acceptors (Lipinski definition) is 6. The number of benzene rings is 2. The monoisotopic (exact) mass is 549 g/mol. The molecule has 2 unspecified atom stereocenters. The minimum atomic E-state index is -1.67. The fraction of sp³-hybridized carbons (Fsp3) is 0.438. The summed E-state index contributed by atoms with van der Waals surface area (Å²) in [6, 6.07) is 14.7. The van der Waals surface area contributed by atoms with Gasteiger partial charge in [0.1, 0.15) is 18.5 Å². The van der Waals surface area contributed by atoms with E-state index in [1.54, 1.807) is 13.0 Å². The fourth-order valence-corrected chi connectivity index (χ4v) is 5.19. The molecule has 0 saturated heterocycles. The summed E-state index contributed by atoms with van der Waals surface area (Å²) in [6.07, 6.45) is 10.2. The summed E-state index contributed by atoms with van der Waals surface area (Å²) in [5.74, 6) is -1.73. The molecule has 3 rings (SSSR count). The van der Waals surface area contributed by atoms with Gasteiger partial charge in [-0.05, 0) is 48.6 Å². The predicted octanol–water partition coefficient (Wildman–Crippen LogP) is 7.21. The Hall–Kier alpha value is -3.81. The van der Waals surface area contributed by atoms with Crippen LogP contribution in [0.1, 0.15) is 82.6 Å².